The van der Waals surface area contributed by atoms with Crippen LogP contribution < -0.4 is 10.6 Å². The number of amides is 2. The smallest absolute Gasteiger partial charge is 0.225 e. The van der Waals surface area contributed by atoms with Gasteiger partial charge in [-0.05, 0) is 43.4 Å². The third-order valence-electron chi connectivity index (χ3n) is 7.05. The van der Waals surface area contributed by atoms with Crippen molar-refractivity contribution in [2.24, 2.45) is 5.92 Å². The summed E-state index contributed by atoms with van der Waals surface area (Å²) >= 11 is 0. The van der Waals surface area contributed by atoms with Crippen LogP contribution in [-0.4, -0.2) is 80.0 Å². The van der Waals surface area contributed by atoms with Gasteiger partial charge in [0.25, 0.3) is 0 Å². The molecule has 1 aromatic carbocycles. The lowest BCUT2D eigenvalue weighted by Gasteiger charge is -2.35. The van der Waals surface area contributed by atoms with Gasteiger partial charge in [-0.1, -0.05) is 26.7 Å². The quantitative estimate of drug-likeness (QED) is 0.399. The molecular weight excluding hydrogens is 502 g/mol. The van der Waals surface area contributed by atoms with Crippen LogP contribution in [0, 0.1) is 17.6 Å². The summed E-state index contributed by atoms with van der Waals surface area (Å²) in [5.74, 6) is -2.09. The fraction of sp³-hybridized carbons (Fsp3) is 0.692. The summed E-state index contributed by atoms with van der Waals surface area (Å²) in [6.07, 6.45) is 3.90. The largest absolute Gasteiger partial charge is 0.353 e. The van der Waals surface area contributed by atoms with Gasteiger partial charge in [0.15, 0.2) is 0 Å². The average Bonchev–Trinajstić information content (AvgIpc) is 3.21. The number of nitrogens with zero attached hydrogens (tertiary/aromatic N) is 2. The number of likely N-dealkylation sites (tertiary alicyclic amines) is 1. The first-order valence-electron chi connectivity index (χ1n) is 13.4. The first kappa shape index (κ1) is 29.4. The molecule has 0 bridgehead atoms. The minimum absolute atomic E-state index is 0.0424. The first-order valence-corrected chi connectivity index (χ1v) is 15.0. The summed E-state index contributed by atoms with van der Waals surface area (Å²) in [4.78, 5) is 27.2. The zero-order valence-corrected chi connectivity index (χ0v) is 22.7. The maximum absolute atomic E-state index is 13.9. The van der Waals surface area contributed by atoms with Crippen molar-refractivity contribution in [1.29, 1.82) is 0 Å². The maximum atomic E-state index is 13.9. The molecule has 0 aliphatic carbocycles. The number of piperazine rings is 1. The Labute approximate surface area is 219 Å². The zero-order chi connectivity index (χ0) is 27.0. The monoisotopic (exact) mass is 542 g/mol. The van der Waals surface area contributed by atoms with E-state index in [1.807, 2.05) is 13.8 Å². The molecule has 0 saturated carbocycles. The molecule has 2 heterocycles. The summed E-state index contributed by atoms with van der Waals surface area (Å²) < 4.78 is 54.7. The lowest BCUT2D eigenvalue weighted by Crippen LogP contribution is -2.55. The molecular formula is C26H40F2N4O4S. The number of sulfonamides is 1. The Bertz CT molecular complexity index is 1020. The topological polar surface area (TPSA) is 98.8 Å². The summed E-state index contributed by atoms with van der Waals surface area (Å²) in [6, 6.07) is 2.55. The van der Waals surface area contributed by atoms with Crippen LogP contribution in [0.3, 0.4) is 0 Å². The third kappa shape index (κ3) is 8.71. The SMILES string of the molecule is CCCCN1CC(C(=O)NC(Cc2cc(F)cc(F)c2)C[C@H]2CN(S(=O)(=O)CCCC)CCN2)CC1=O. The highest BCUT2D eigenvalue weighted by Gasteiger charge is 2.36. The lowest BCUT2D eigenvalue weighted by atomic mass is 9.97. The highest BCUT2D eigenvalue weighted by Crippen LogP contribution is 2.21. The van der Waals surface area contributed by atoms with Gasteiger partial charge >= 0.3 is 0 Å². The number of hydrogen-bond acceptors (Lipinski definition) is 5. The van der Waals surface area contributed by atoms with Crippen molar-refractivity contribution < 1.29 is 26.8 Å². The number of rotatable bonds is 13. The van der Waals surface area contributed by atoms with E-state index in [0.29, 0.717) is 44.6 Å². The van der Waals surface area contributed by atoms with Gasteiger partial charge < -0.3 is 15.5 Å². The van der Waals surface area contributed by atoms with E-state index in [2.05, 4.69) is 10.6 Å². The molecule has 0 radical (unpaired) electrons. The van der Waals surface area contributed by atoms with Gasteiger partial charge in [-0.2, -0.15) is 4.31 Å². The molecule has 3 atom stereocenters. The van der Waals surface area contributed by atoms with Crippen molar-refractivity contribution in [3.05, 3.63) is 35.4 Å². The van der Waals surface area contributed by atoms with E-state index >= 15 is 0 Å². The van der Waals surface area contributed by atoms with E-state index < -0.39 is 33.6 Å². The molecule has 208 valence electrons. The minimum atomic E-state index is -3.38. The number of unbranched alkanes of at least 4 members (excludes halogenated alkanes) is 2. The fourth-order valence-corrected chi connectivity index (χ4v) is 6.73. The molecule has 37 heavy (non-hydrogen) atoms. The summed E-state index contributed by atoms with van der Waals surface area (Å²) in [6.45, 7) is 6.10. The van der Waals surface area contributed by atoms with Gasteiger partial charge in [-0.15, -0.1) is 0 Å². The van der Waals surface area contributed by atoms with Crippen LogP contribution in [0.5, 0.6) is 0 Å². The van der Waals surface area contributed by atoms with Crippen LogP contribution in [0.15, 0.2) is 18.2 Å². The van der Waals surface area contributed by atoms with E-state index in [0.717, 1.165) is 25.3 Å². The first-order chi connectivity index (χ1) is 17.6. The second-order valence-electron chi connectivity index (χ2n) is 10.2. The molecule has 2 N–H and O–H groups in total. The van der Waals surface area contributed by atoms with Crippen molar-refractivity contribution in [1.82, 2.24) is 19.8 Å². The molecule has 2 unspecified atom stereocenters. The molecule has 2 amide bonds. The zero-order valence-electron chi connectivity index (χ0n) is 21.8. The Morgan fingerprint density at radius 1 is 1.14 bits per heavy atom. The van der Waals surface area contributed by atoms with Gasteiger partial charge in [0.1, 0.15) is 11.6 Å². The molecule has 1 aromatic rings. The van der Waals surface area contributed by atoms with Crippen molar-refractivity contribution in [3.8, 4) is 0 Å². The van der Waals surface area contributed by atoms with Crippen LogP contribution in [0.25, 0.3) is 0 Å². The Morgan fingerprint density at radius 2 is 1.84 bits per heavy atom. The summed E-state index contributed by atoms with van der Waals surface area (Å²) in [5.41, 5.74) is 0.401. The van der Waals surface area contributed by atoms with Crippen molar-refractivity contribution in [2.45, 2.75) is 70.9 Å². The highest BCUT2D eigenvalue weighted by molar-refractivity contribution is 7.89. The molecule has 11 heteroatoms. The van der Waals surface area contributed by atoms with E-state index in [9.17, 15) is 26.8 Å². The third-order valence-corrected chi connectivity index (χ3v) is 8.98. The van der Waals surface area contributed by atoms with Crippen molar-refractivity contribution in [3.63, 3.8) is 0 Å². The number of halogens is 2. The second kappa shape index (κ2) is 13.6. The van der Waals surface area contributed by atoms with E-state index in [-0.39, 0.29) is 43.0 Å². The maximum Gasteiger partial charge on any atom is 0.225 e. The van der Waals surface area contributed by atoms with Gasteiger partial charge in [0, 0.05) is 57.3 Å². The molecule has 3 rings (SSSR count). The molecule has 2 fully saturated rings. The Hall–Kier alpha value is -2.11. The van der Waals surface area contributed by atoms with Gasteiger partial charge in [-0.3, -0.25) is 9.59 Å². The number of nitrogens with one attached hydrogen (secondary N) is 2. The molecule has 2 aliphatic heterocycles. The normalized spacial score (nSPS) is 21.8. The minimum Gasteiger partial charge on any atom is -0.353 e. The summed E-state index contributed by atoms with van der Waals surface area (Å²) in [5, 5.41) is 6.34. The Balaban J connectivity index is 1.71. The fourth-order valence-electron chi connectivity index (χ4n) is 5.04. The van der Waals surface area contributed by atoms with E-state index in [1.54, 1.807) is 4.90 Å². The number of benzene rings is 1. The number of hydrogen-bond donors (Lipinski definition) is 2. The second-order valence-corrected chi connectivity index (χ2v) is 12.3. The molecule has 2 saturated heterocycles. The lowest BCUT2D eigenvalue weighted by molar-refractivity contribution is -0.129. The Kier molecular flexibility index (Phi) is 10.8. The van der Waals surface area contributed by atoms with E-state index in [4.69, 9.17) is 0 Å². The average molecular weight is 543 g/mol. The van der Waals surface area contributed by atoms with Crippen LogP contribution >= 0.6 is 0 Å². The van der Waals surface area contributed by atoms with E-state index in [1.165, 1.54) is 16.4 Å². The van der Waals surface area contributed by atoms with Crippen molar-refractivity contribution in [2.75, 3.05) is 38.5 Å². The van der Waals surface area contributed by atoms with Crippen LogP contribution in [0.2, 0.25) is 0 Å². The molecule has 0 spiro atoms. The predicted octanol–water partition coefficient (Wildman–Crippen LogP) is 2.43. The summed E-state index contributed by atoms with van der Waals surface area (Å²) in [7, 11) is -3.38. The predicted molar refractivity (Wildman–Crippen MR) is 138 cm³/mol. The number of carbonyl (C=O) groups is 2. The van der Waals surface area contributed by atoms with Gasteiger partial charge in [0.05, 0.1) is 11.7 Å². The standard InChI is InChI=1S/C26H40F2N4O4S/c1-3-5-8-31-17-20(14-25(31)33)26(34)30-23(13-19-11-21(27)15-22(28)12-19)16-24-18-32(9-7-29-24)37(35,36)10-6-4-2/h11-12,15,20,23-24,29H,3-10,13-14,16-18H2,1-2H3,(H,30,34)/t20?,23?,24-/m0/s1. The highest BCUT2D eigenvalue weighted by atomic mass is 32.2. The van der Waals surface area contributed by atoms with Crippen LogP contribution in [0.1, 0.15) is 57.9 Å². The van der Waals surface area contributed by atoms with Crippen molar-refractivity contribution >= 4 is 21.8 Å². The molecule has 8 nitrogen and oxygen atoms in total. The van der Waals surface area contributed by atoms with Gasteiger partial charge in [-0.25, -0.2) is 17.2 Å². The molecule has 0 aromatic heterocycles. The van der Waals surface area contributed by atoms with Gasteiger partial charge in [0.2, 0.25) is 21.8 Å². The Morgan fingerprint density at radius 3 is 2.51 bits per heavy atom. The molecule has 2 aliphatic rings. The van der Waals surface area contributed by atoms with Crippen LogP contribution in [-0.2, 0) is 26.0 Å². The number of carbonyl (C=O) groups excluding carboxylic acids is 2. The van der Waals surface area contributed by atoms with Crippen LogP contribution in [0.4, 0.5) is 8.78 Å².